The lowest BCUT2D eigenvalue weighted by atomic mass is 10.2. The van der Waals surface area contributed by atoms with Crippen LogP contribution in [-0.4, -0.2) is 23.9 Å². The molecule has 0 saturated heterocycles. The Balaban J connectivity index is 2.25. The van der Waals surface area contributed by atoms with Gasteiger partial charge in [0.2, 0.25) is 0 Å². The van der Waals surface area contributed by atoms with Crippen molar-refractivity contribution in [2.75, 3.05) is 13.1 Å². The van der Waals surface area contributed by atoms with Crippen molar-refractivity contribution in [3.8, 4) is 12.1 Å². The Morgan fingerprint density at radius 1 is 1.19 bits per heavy atom. The smallest absolute Gasteiger partial charge is 0.289 e. The third kappa shape index (κ3) is 3.53. The summed E-state index contributed by atoms with van der Waals surface area (Å²) >= 11 is 5.90. The summed E-state index contributed by atoms with van der Waals surface area (Å²) < 4.78 is 5.51. The first kappa shape index (κ1) is 14.9. The molecule has 0 radical (unpaired) electrons. The van der Waals surface area contributed by atoms with Crippen molar-refractivity contribution < 1.29 is 9.21 Å². The first-order chi connectivity index (χ1) is 10.2. The molecular weight excluding hydrogens is 290 g/mol. The van der Waals surface area contributed by atoms with Crippen LogP contribution in [0.25, 0.3) is 11.0 Å². The number of amides is 1. The summed E-state index contributed by atoms with van der Waals surface area (Å²) in [6.45, 7) is 0.545. The van der Waals surface area contributed by atoms with E-state index in [9.17, 15) is 4.79 Å². The molecule has 0 atom stereocenters. The summed E-state index contributed by atoms with van der Waals surface area (Å²) in [5, 5.41) is 18.6. The number of nitriles is 2. The maximum absolute atomic E-state index is 12.4. The zero-order valence-electron chi connectivity index (χ0n) is 11.2. The number of fused-ring (bicyclic) bond motifs is 1. The first-order valence-electron chi connectivity index (χ1n) is 6.38. The molecule has 0 aliphatic heterocycles. The van der Waals surface area contributed by atoms with Gasteiger partial charge < -0.3 is 9.32 Å². The van der Waals surface area contributed by atoms with Gasteiger partial charge >= 0.3 is 0 Å². The van der Waals surface area contributed by atoms with Crippen LogP contribution < -0.4 is 0 Å². The second-order valence-corrected chi connectivity index (χ2v) is 4.84. The predicted octanol–water partition coefficient (Wildman–Crippen LogP) is 3.36. The standard InChI is InChI=1S/C15H12ClN3O2/c16-12-3-4-13-11(9-12)10-14(21-13)15(20)19(7-1-5-17)8-2-6-18/h3-4,9-10H,1-2,7-8H2. The van der Waals surface area contributed by atoms with Crippen LogP contribution in [0.1, 0.15) is 23.4 Å². The van der Waals surface area contributed by atoms with Gasteiger partial charge in [-0.3, -0.25) is 4.79 Å². The maximum Gasteiger partial charge on any atom is 0.289 e. The van der Waals surface area contributed by atoms with E-state index >= 15 is 0 Å². The molecule has 21 heavy (non-hydrogen) atoms. The van der Waals surface area contributed by atoms with Gasteiger partial charge in [-0.05, 0) is 24.3 Å². The van der Waals surface area contributed by atoms with Gasteiger partial charge in [0.05, 0.1) is 25.0 Å². The molecule has 1 aromatic heterocycles. The fourth-order valence-corrected chi connectivity index (χ4v) is 2.14. The van der Waals surface area contributed by atoms with Crippen molar-refractivity contribution >= 4 is 28.5 Å². The van der Waals surface area contributed by atoms with Crippen molar-refractivity contribution in [2.24, 2.45) is 0 Å². The van der Waals surface area contributed by atoms with Crippen LogP contribution in [-0.2, 0) is 0 Å². The van der Waals surface area contributed by atoms with E-state index in [0.717, 1.165) is 5.39 Å². The maximum atomic E-state index is 12.4. The van der Waals surface area contributed by atoms with Gasteiger partial charge in [-0.15, -0.1) is 0 Å². The van der Waals surface area contributed by atoms with E-state index in [-0.39, 0.29) is 37.6 Å². The molecular formula is C15H12ClN3O2. The normalized spacial score (nSPS) is 10.0. The van der Waals surface area contributed by atoms with Crippen molar-refractivity contribution in [3.63, 3.8) is 0 Å². The highest BCUT2D eigenvalue weighted by atomic mass is 35.5. The number of nitrogens with zero attached hydrogens (tertiary/aromatic N) is 3. The quantitative estimate of drug-likeness (QED) is 0.848. The molecule has 1 aromatic carbocycles. The van der Waals surface area contributed by atoms with Gasteiger partial charge in [0.15, 0.2) is 5.76 Å². The van der Waals surface area contributed by atoms with E-state index in [0.29, 0.717) is 10.6 Å². The second-order valence-electron chi connectivity index (χ2n) is 4.40. The van der Waals surface area contributed by atoms with Crippen molar-refractivity contribution in [3.05, 3.63) is 35.0 Å². The highest BCUT2D eigenvalue weighted by Gasteiger charge is 2.19. The van der Waals surface area contributed by atoms with Crippen LogP contribution in [0.5, 0.6) is 0 Å². The Morgan fingerprint density at radius 2 is 1.86 bits per heavy atom. The number of hydrogen-bond acceptors (Lipinski definition) is 4. The van der Waals surface area contributed by atoms with Gasteiger partial charge in [-0.1, -0.05) is 11.6 Å². The van der Waals surface area contributed by atoms with Crippen molar-refractivity contribution in [2.45, 2.75) is 12.8 Å². The number of furan rings is 1. The molecule has 0 fully saturated rings. The van der Waals surface area contributed by atoms with Gasteiger partial charge in [0.1, 0.15) is 5.58 Å². The van der Waals surface area contributed by atoms with Crippen LogP contribution in [0.3, 0.4) is 0 Å². The average Bonchev–Trinajstić information content (AvgIpc) is 2.89. The lowest BCUT2D eigenvalue weighted by molar-refractivity contribution is 0.0733. The van der Waals surface area contributed by atoms with Crippen LogP contribution in [0.2, 0.25) is 5.02 Å². The molecule has 106 valence electrons. The minimum atomic E-state index is -0.326. The molecule has 1 heterocycles. The molecule has 0 saturated carbocycles. The molecule has 1 amide bonds. The lowest BCUT2D eigenvalue weighted by Crippen LogP contribution is -2.32. The van der Waals surface area contributed by atoms with Crippen LogP contribution in [0.15, 0.2) is 28.7 Å². The fourth-order valence-electron chi connectivity index (χ4n) is 1.96. The Labute approximate surface area is 126 Å². The zero-order valence-corrected chi connectivity index (χ0v) is 11.9. The Hall–Kier alpha value is -2.50. The zero-order chi connectivity index (χ0) is 15.2. The van der Waals surface area contributed by atoms with E-state index in [1.54, 1.807) is 24.3 Å². The number of rotatable bonds is 5. The van der Waals surface area contributed by atoms with Crippen LogP contribution >= 0.6 is 11.6 Å². The van der Waals surface area contributed by atoms with E-state index in [2.05, 4.69) is 0 Å². The van der Waals surface area contributed by atoms with Crippen molar-refractivity contribution in [1.29, 1.82) is 10.5 Å². The Bertz CT molecular complexity index is 721. The highest BCUT2D eigenvalue weighted by Crippen LogP contribution is 2.24. The van der Waals surface area contributed by atoms with E-state index < -0.39 is 0 Å². The monoisotopic (exact) mass is 301 g/mol. The molecule has 0 N–H and O–H groups in total. The van der Waals surface area contributed by atoms with E-state index in [4.69, 9.17) is 26.5 Å². The summed E-state index contributed by atoms with van der Waals surface area (Å²) in [5.41, 5.74) is 0.572. The van der Waals surface area contributed by atoms with Crippen molar-refractivity contribution in [1.82, 2.24) is 4.90 Å². The number of carbonyl (C=O) groups is 1. The fraction of sp³-hybridized carbons (Fsp3) is 0.267. The molecule has 0 unspecified atom stereocenters. The van der Waals surface area contributed by atoms with Gasteiger partial charge in [-0.2, -0.15) is 10.5 Å². The summed E-state index contributed by atoms with van der Waals surface area (Å²) in [6, 6.07) is 10.7. The third-order valence-electron chi connectivity index (χ3n) is 2.96. The molecule has 6 heteroatoms. The number of benzene rings is 1. The summed E-state index contributed by atoms with van der Waals surface area (Å²) in [6.07, 6.45) is 0.423. The summed E-state index contributed by atoms with van der Waals surface area (Å²) in [5.74, 6) is -0.143. The molecule has 0 bridgehead atoms. The van der Waals surface area contributed by atoms with Gasteiger partial charge in [0.25, 0.3) is 5.91 Å². The summed E-state index contributed by atoms with van der Waals surface area (Å²) in [4.78, 5) is 13.8. The molecule has 2 aromatic rings. The first-order valence-corrected chi connectivity index (χ1v) is 6.76. The molecule has 0 spiro atoms. The van der Waals surface area contributed by atoms with E-state index in [1.165, 1.54) is 4.90 Å². The van der Waals surface area contributed by atoms with Crippen LogP contribution in [0, 0.1) is 22.7 Å². The number of halogens is 1. The average molecular weight is 302 g/mol. The van der Waals surface area contributed by atoms with Crippen LogP contribution in [0.4, 0.5) is 0 Å². The Morgan fingerprint density at radius 3 is 2.48 bits per heavy atom. The molecule has 2 rings (SSSR count). The third-order valence-corrected chi connectivity index (χ3v) is 3.20. The predicted molar refractivity (Wildman–Crippen MR) is 77.6 cm³/mol. The molecule has 0 aliphatic rings. The Kier molecular flexibility index (Phi) is 4.81. The highest BCUT2D eigenvalue weighted by molar-refractivity contribution is 6.31. The SMILES string of the molecule is N#CCCN(CCC#N)C(=O)c1cc2cc(Cl)ccc2o1. The molecule has 0 aliphatic carbocycles. The van der Waals surface area contributed by atoms with Gasteiger partial charge in [-0.25, -0.2) is 0 Å². The largest absolute Gasteiger partial charge is 0.451 e. The minimum absolute atomic E-state index is 0.183. The number of hydrogen-bond donors (Lipinski definition) is 0. The lowest BCUT2D eigenvalue weighted by Gasteiger charge is -2.18. The molecule has 5 nitrogen and oxygen atoms in total. The number of carbonyl (C=O) groups excluding carboxylic acids is 1. The summed E-state index contributed by atoms with van der Waals surface area (Å²) in [7, 11) is 0. The van der Waals surface area contributed by atoms with E-state index in [1.807, 2.05) is 12.1 Å². The second kappa shape index (κ2) is 6.78. The topological polar surface area (TPSA) is 81.0 Å². The van der Waals surface area contributed by atoms with Gasteiger partial charge in [0, 0.05) is 23.5 Å². The minimum Gasteiger partial charge on any atom is -0.451 e.